The van der Waals surface area contributed by atoms with Crippen LogP contribution in [-0.2, 0) is 12.8 Å². The van der Waals surface area contributed by atoms with Crippen LogP contribution in [0.2, 0.25) is 0 Å². The summed E-state index contributed by atoms with van der Waals surface area (Å²) in [6, 6.07) is 14.7. The van der Waals surface area contributed by atoms with Crippen LogP contribution in [0.15, 0.2) is 48.5 Å². The Labute approximate surface area is 130 Å². The zero-order valence-corrected chi connectivity index (χ0v) is 12.8. The van der Waals surface area contributed by atoms with Crippen molar-refractivity contribution in [2.24, 2.45) is 0 Å². The molecule has 0 saturated heterocycles. The molecule has 0 aromatic heterocycles. The highest BCUT2D eigenvalue weighted by molar-refractivity contribution is 7.80. The van der Waals surface area contributed by atoms with Crippen molar-refractivity contribution in [1.29, 1.82) is 0 Å². The van der Waals surface area contributed by atoms with Crippen molar-refractivity contribution in [1.82, 2.24) is 5.32 Å². The van der Waals surface area contributed by atoms with Crippen molar-refractivity contribution < 1.29 is 4.39 Å². The Bertz CT molecular complexity index is 596. The van der Waals surface area contributed by atoms with Crippen molar-refractivity contribution in [2.45, 2.75) is 19.8 Å². The molecule has 0 radical (unpaired) electrons. The molecule has 2 rings (SSSR count). The van der Waals surface area contributed by atoms with Crippen LogP contribution in [0.1, 0.15) is 18.1 Å². The molecule has 21 heavy (non-hydrogen) atoms. The van der Waals surface area contributed by atoms with Gasteiger partial charge in [0.1, 0.15) is 5.82 Å². The summed E-state index contributed by atoms with van der Waals surface area (Å²) in [5, 5.41) is 7.00. The van der Waals surface area contributed by atoms with E-state index in [1.807, 2.05) is 18.2 Å². The molecule has 2 aromatic rings. The number of benzene rings is 2. The minimum atomic E-state index is -0.208. The average molecular weight is 302 g/mol. The van der Waals surface area contributed by atoms with Gasteiger partial charge in [0, 0.05) is 12.2 Å². The Kier molecular flexibility index (Phi) is 5.69. The van der Waals surface area contributed by atoms with Crippen molar-refractivity contribution in [3.05, 3.63) is 65.5 Å². The number of halogens is 1. The van der Waals surface area contributed by atoms with E-state index in [0.29, 0.717) is 11.7 Å². The Morgan fingerprint density at radius 1 is 1.10 bits per heavy atom. The van der Waals surface area contributed by atoms with Gasteiger partial charge in [-0.15, -0.1) is 0 Å². The molecule has 0 unspecified atom stereocenters. The van der Waals surface area contributed by atoms with Gasteiger partial charge in [0.25, 0.3) is 0 Å². The molecule has 110 valence electrons. The molecule has 0 heterocycles. The van der Waals surface area contributed by atoms with Crippen LogP contribution in [0.5, 0.6) is 0 Å². The highest BCUT2D eigenvalue weighted by Gasteiger charge is 2.02. The average Bonchev–Trinajstić information content (AvgIpc) is 2.50. The fraction of sp³-hybridized carbons (Fsp3) is 0.235. The van der Waals surface area contributed by atoms with Crippen LogP contribution < -0.4 is 10.6 Å². The summed E-state index contributed by atoms with van der Waals surface area (Å²) in [7, 11) is 0. The van der Waals surface area contributed by atoms with Gasteiger partial charge < -0.3 is 10.6 Å². The van der Waals surface area contributed by atoms with Crippen molar-refractivity contribution >= 4 is 23.0 Å². The standard InChI is InChI=1S/C17H19FN2S/c1-2-14-5-3-4-6-16(14)20-17(21)19-12-11-13-7-9-15(18)10-8-13/h3-10H,2,11-12H2,1H3,(H2,19,20,21). The van der Waals surface area contributed by atoms with Crippen LogP contribution in [0.3, 0.4) is 0 Å². The third kappa shape index (κ3) is 4.83. The summed E-state index contributed by atoms with van der Waals surface area (Å²) in [6.07, 6.45) is 1.76. The molecule has 0 bridgehead atoms. The largest absolute Gasteiger partial charge is 0.362 e. The number of para-hydroxylation sites is 1. The minimum Gasteiger partial charge on any atom is -0.362 e. The quantitative estimate of drug-likeness (QED) is 0.819. The van der Waals surface area contributed by atoms with Gasteiger partial charge in [-0.1, -0.05) is 37.3 Å². The van der Waals surface area contributed by atoms with E-state index in [1.165, 1.54) is 17.7 Å². The maximum absolute atomic E-state index is 12.8. The second-order valence-corrected chi connectivity index (χ2v) is 5.18. The number of rotatable bonds is 5. The smallest absolute Gasteiger partial charge is 0.170 e. The molecule has 0 aliphatic carbocycles. The van der Waals surface area contributed by atoms with E-state index in [4.69, 9.17) is 12.2 Å². The first kappa shape index (κ1) is 15.4. The lowest BCUT2D eigenvalue weighted by Crippen LogP contribution is -2.30. The Balaban J connectivity index is 1.81. The maximum Gasteiger partial charge on any atom is 0.170 e. The Morgan fingerprint density at radius 3 is 2.52 bits per heavy atom. The number of nitrogens with one attached hydrogen (secondary N) is 2. The second-order valence-electron chi connectivity index (χ2n) is 4.77. The number of thiocarbonyl (C=S) groups is 1. The van der Waals surface area contributed by atoms with Gasteiger partial charge in [-0.2, -0.15) is 0 Å². The minimum absolute atomic E-state index is 0.208. The van der Waals surface area contributed by atoms with Gasteiger partial charge >= 0.3 is 0 Å². The van der Waals surface area contributed by atoms with E-state index in [0.717, 1.165) is 24.1 Å². The van der Waals surface area contributed by atoms with Gasteiger partial charge in [-0.3, -0.25) is 0 Å². The second kappa shape index (κ2) is 7.74. The predicted molar refractivity (Wildman–Crippen MR) is 90.1 cm³/mol. The first-order valence-corrected chi connectivity index (χ1v) is 7.47. The van der Waals surface area contributed by atoms with E-state index >= 15 is 0 Å². The summed E-state index contributed by atoms with van der Waals surface area (Å²) < 4.78 is 12.8. The van der Waals surface area contributed by atoms with Gasteiger partial charge in [0.2, 0.25) is 0 Å². The molecule has 0 aliphatic heterocycles. The molecule has 0 amide bonds. The summed E-state index contributed by atoms with van der Waals surface area (Å²) in [6.45, 7) is 2.83. The lowest BCUT2D eigenvalue weighted by molar-refractivity contribution is 0.627. The van der Waals surface area contributed by atoms with Crippen LogP contribution in [0.4, 0.5) is 10.1 Å². The van der Waals surface area contributed by atoms with Crippen LogP contribution in [0.25, 0.3) is 0 Å². The monoisotopic (exact) mass is 302 g/mol. The van der Waals surface area contributed by atoms with Crippen molar-refractivity contribution in [3.8, 4) is 0 Å². The molecule has 0 spiro atoms. The fourth-order valence-corrected chi connectivity index (χ4v) is 2.30. The molecule has 2 N–H and O–H groups in total. The number of hydrogen-bond acceptors (Lipinski definition) is 1. The predicted octanol–water partition coefficient (Wildman–Crippen LogP) is 3.92. The Morgan fingerprint density at radius 2 is 1.81 bits per heavy atom. The van der Waals surface area contributed by atoms with Gasteiger partial charge in [0.15, 0.2) is 5.11 Å². The normalized spacial score (nSPS) is 10.2. The van der Waals surface area contributed by atoms with Crippen molar-refractivity contribution in [3.63, 3.8) is 0 Å². The summed E-state index contributed by atoms with van der Waals surface area (Å²) >= 11 is 5.30. The Hall–Kier alpha value is -1.94. The highest BCUT2D eigenvalue weighted by atomic mass is 32.1. The SMILES string of the molecule is CCc1ccccc1NC(=S)NCCc1ccc(F)cc1. The van der Waals surface area contributed by atoms with Crippen LogP contribution in [-0.4, -0.2) is 11.7 Å². The molecule has 2 nitrogen and oxygen atoms in total. The first-order chi connectivity index (χ1) is 10.2. The summed E-state index contributed by atoms with van der Waals surface area (Å²) in [5.41, 5.74) is 3.36. The van der Waals surface area contributed by atoms with Gasteiger partial charge in [0.05, 0.1) is 0 Å². The molecule has 0 fully saturated rings. The zero-order valence-electron chi connectivity index (χ0n) is 12.0. The van der Waals surface area contributed by atoms with E-state index in [1.54, 1.807) is 12.1 Å². The number of hydrogen-bond donors (Lipinski definition) is 2. The highest BCUT2D eigenvalue weighted by Crippen LogP contribution is 2.15. The third-order valence-corrected chi connectivity index (χ3v) is 3.51. The topological polar surface area (TPSA) is 24.1 Å². The molecular weight excluding hydrogens is 283 g/mol. The van der Waals surface area contributed by atoms with Gasteiger partial charge in [-0.05, 0) is 54.4 Å². The lowest BCUT2D eigenvalue weighted by atomic mass is 10.1. The van der Waals surface area contributed by atoms with E-state index in [9.17, 15) is 4.39 Å². The summed E-state index contributed by atoms with van der Waals surface area (Å²) in [4.78, 5) is 0. The van der Waals surface area contributed by atoms with Crippen LogP contribution >= 0.6 is 12.2 Å². The number of aryl methyl sites for hydroxylation is 1. The number of anilines is 1. The van der Waals surface area contributed by atoms with E-state index in [2.05, 4.69) is 23.6 Å². The summed E-state index contributed by atoms with van der Waals surface area (Å²) in [5.74, 6) is -0.208. The van der Waals surface area contributed by atoms with Gasteiger partial charge in [-0.25, -0.2) is 4.39 Å². The fourth-order valence-electron chi connectivity index (χ4n) is 2.09. The molecule has 2 aromatic carbocycles. The van der Waals surface area contributed by atoms with Crippen molar-refractivity contribution in [2.75, 3.05) is 11.9 Å². The van der Waals surface area contributed by atoms with E-state index < -0.39 is 0 Å². The molecule has 0 saturated carbocycles. The first-order valence-electron chi connectivity index (χ1n) is 7.06. The van der Waals surface area contributed by atoms with E-state index in [-0.39, 0.29) is 5.82 Å². The lowest BCUT2D eigenvalue weighted by Gasteiger charge is -2.13. The maximum atomic E-state index is 12.8. The molecule has 0 atom stereocenters. The molecular formula is C17H19FN2S. The zero-order chi connectivity index (χ0) is 15.1. The molecule has 0 aliphatic rings. The van der Waals surface area contributed by atoms with Crippen LogP contribution in [0, 0.1) is 5.82 Å². The third-order valence-electron chi connectivity index (χ3n) is 3.26. The molecule has 4 heteroatoms.